The maximum absolute atomic E-state index is 13.4. The number of piperidine rings is 1. The number of carbonyl (C=O) groups excluding carboxylic acids is 1. The second-order valence-corrected chi connectivity index (χ2v) is 8.11. The smallest absolute Gasteiger partial charge is 0.322 e. The molecule has 2 saturated heterocycles. The molecule has 2 aliphatic heterocycles. The number of nitrogens with zero attached hydrogens (tertiary/aromatic N) is 2. The molecule has 1 aromatic heterocycles. The molecule has 2 N–H and O–H groups in total. The number of carbonyl (C=O) groups is 1. The number of thiophene rings is 1. The summed E-state index contributed by atoms with van der Waals surface area (Å²) >= 11 is 1.51. The quantitative estimate of drug-likeness (QED) is 0.815. The van der Waals surface area contributed by atoms with Crippen molar-refractivity contribution in [1.82, 2.24) is 9.80 Å². The number of halogens is 2. The fourth-order valence-electron chi connectivity index (χ4n) is 4.13. The molecule has 0 aromatic carbocycles. The normalized spacial score (nSPS) is 29.1. The predicted octanol–water partition coefficient (Wildman–Crippen LogP) is 3.33. The third-order valence-electron chi connectivity index (χ3n) is 5.73. The van der Waals surface area contributed by atoms with E-state index in [1.807, 2.05) is 16.8 Å². The van der Waals surface area contributed by atoms with Crippen LogP contribution in [0.25, 0.3) is 0 Å². The van der Waals surface area contributed by atoms with E-state index in [2.05, 4.69) is 17.1 Å². The zero-order valence-electron chi connectivity index (χ0n) is 15.0. The highest BCUT2D eigenvalue weighted by Crippen LogP contribution is 2.35. The molecule has 3 atom stereocenters. The number of hydrogen-bond acceptors (Lipinski definition) is 4. The number of rotatable bonds is 5. The van der Waals surface area contributed by atoms with Crippen LogP contribution in [0.3, 0.4) is 0 Å². The van der Waals surface area contributed by atoms with Crippen LogP contribution in [0.4, 0.5) is 19.3 Å². The minimum absolute atomic E-state index is 0.102. The maximum Gasteiger partial charge on any atom is 0.322 e. The highest BCUT2D eigenvalue weighted by molar-refractivity contribution is 7.08. The first-order valence-electron chi connectivity index (χ1n) is 9.24. The largest absolute Gasteiger partial charge is 0.394 e. The average Bonchev–Trinajstić information content (AvgIpc) is 3.24. The van der Waals surface area contributed by atoms with E-state index in [9.17, 15) is 18.7 Å². The minimum Gasteiger partial charge on any atom is -0.394 e. The Bertz CT molecular complexity index is 589. The van der Waals surface area contributed by atoms with Gasteiger partial charge in [-0.15, -0.1) is 0 Å². The van der Waals surface area contributed by atoms with E-state index >= 15 is 0 Å². The summed E-state index contributed by atoms with van der Waals surface area (Å²) in [5.41, 5.74) is 0.756. The van der Waals surface area contributed by atoms with Crippen LogP contribution in [0.1, 0.15) is 26.2 Å². The summed E-state index contributed by atoms with van der Waals surface area (Å²) in [6.07, 6.45) is 0.679. The Morgan fingerprint density at radius 2 is 2.15 bits per heavy atom. The Morgan fingerprint density at radius 1 is 1.42 bits per heavy atom. The molecule has 3 rings (SSSR count). The molecule has 26 heavy (non-hydrogen) atoms. The van der Waals surface area contributed by atoms with Crippen molar-refractivity contribution in [2.24, 2.45) is 11.8 Å². The number of anilines is 1. The average molecular weight is 387 g/mol. The molecule has 0 aliphatic carbocycles. The van der Waals surface area contributed by atoms with Gasteiger partial charge in [0.15, 0.2) is 0 Å². The van der Waals surface area contributed by atoms with Crippen LogP contribution in [0.2, 0.25) is 0 Å². The van der Waals surface area contributed by atoms with Gasteiger partial charge in [0.05, 0.1) is 18.3 Å². The van der Waals surface area contributed by atoms with E-state index in [0.29, 0.717) is 26.2 Å². The highest BCUT2D eigenvalue weighted by Gasteiger charge is 2.44. The lowest BCUT2D eigenvalue weighted by molar-refractivity contribution is -0.0591. The van der Waals surface area contributed by atoms with Gasteiger partial charge in [0.2, 0.25) is 0 Å². The molecule has 0 radical (unpaired) electrons. The Labute approximate surface area is 157 Å². The Morgan fingerprint density at radius 3 is 2.73 bits per heavy atom. The van der Waals surface area contributed by atoms with Crippen molar-refractivity contribution in [2.75, 3.05) is 38.1 Å². The molecule has 146 valence electrons. The molecule has 2 amide bonds. The van der Waals surface area contributed by atoms with Crippen LogP contribution in [-0.2, 0) is 0 Å². The predicted molar refractivity (Wildman–Crippen MR) is 98.8 cm³/mol. The number of hydrogen-bond donors (Lipinski definition) is 2. The van der Waals surface area contributed by atoms with Crippen LogP contribution < -0.4 is 5.32 Å². The Kier molecular flexibility index (Phi) is 6.14. The van der Waals surface area contributed by atoms with Crippen molar-refractivity contribution in [3.63, 3.8) is 0 Å². The van der Waals surface area contributed by atoms with Crippen molar-refractivity contribution in [3.05, 3.63) is 16.8 Å². The molecule has 2 aliphatic rings. The van der Waals surface area contributed by atoms with Gasteiger partial charge in [-0.3, -0.25) is 0 Å². The van der Waals surface area contributed by atoms with Gasteiger partial charge in [0.25, 0.3) is 5.92 Å². The summed E-state index contributed by atoms with van der Waals surface area (Å²) in [5, 5.41) is 16.6. The fourth-order valence-corrected chi connectivity index (χ4v) is 4.72. The van der Waals surface area contributed by atoms with Gasteiger partial charge < -0.3 is 20.2 Å². The third-order valence-corrected chi connectivity index (χ3v) is 6.42. The van der Waals surface area contributed by atoms with Crippen LogP contribution in [-0.4, -0.2) is 65.7 Å². The van der Waals surface area contributed by atoms with E-state index in [1.54, 1.807) is 4.90 Å². The first-order chi connectivity index (χ1) is 12.4. The standard InChI is InChI=1S/C18H27F2N3O2S/c1-2-13-9-23(17(25)21-14-3-8-26-12-14)16(11-24)15(13)10-22-6-4-18(19,20)5-7-22/h3,8,12-13,15-16,24H,2,4-7,9-11H2,1H3,(H,21,25)/t13-,15-,16-/m1/s1. The van der Waals surface area contributed by atoms with Gasteiger partial charge in [-0.1, -0.05) is 13.3 Å². The van der Waals surface area contributed by atoms with Gasteiger partial charge >= 0.3 is 6.03 Å². The first kappa shape index (κ1) is 19.5. The van der Waals surface area contributed by atoms with Gasteiger partial charge in [-0.25, -0.2) is 13.6 Å². The summed E-state index contributed by atoms with van der Waals surface area (Å²) in [6, 6.07) is 1.37. The third kappa shape index (κ3) is 4.35. The molecule has 0 unspecified atom stereocenters. The molecule has 3 heterocycles. The number of nitrogens with one attached hydrogen (secondary N) is 1. The van der Waals surface area contributed by atoms with Gasteiger partial charge in [0, 0.05) is 44.4 Å². The lowest BCUT2D eigenvalue weighted by atomic mass is 9.88. The molecule has 8 heteroatoms. The van der Waals surface area contributed by atoms with E-state index in [1.165, 1.54) is 11.3 Å². The number of likely N-dealkylation sites (tertiary alicyclic amines) is 2. The van der Waals surface area contributed by atoms with Crippen molar-refractivity contribution >= 4 is 23.1 Å². The van der Waals surface area contributed by atoms with Crippen molar-refractivity contribution in [2.45, 2.75) is 38.2 Å². The SMILES string of the molecule is CC[C@@H]1CN(C(=O)Nc2ccsc2)[C@H](CO)[C@@H]1CN1CCC(F)(F)CC1. The van der Waals surface area contributed by atoms with E-state index < -0.39 is 5.92 Å². The lowest BCUT2D eigenvalue weighted by Crippen LogP contribution is -2.47. The lowest BCUT2D eigenvalue weighted by Gasteiger charge is -2.36. The molecular weight excluding hydrogens is 360 g/mol. The molecule has 0 saturated carbocycles. The van der Waals surface area contributed by atoms with Crippen molar-refractivity contribution in [3.8, 4) is 0 Å². The summed E-state index contributed by atoms with van der Waals surface area (Å²) in [6.45, 7) is 3.96. The van der Waals surface area contributed by atoms with Crippen LogP contribution in [0.5, 0.6) is 0 Å². The van der Waals surface area contributed by atoms with Gasteiger partial charge in [0.1, 0.15) is 0 Å². The molecule has 0 bridgehead atoms. The van der Waals surface area contributed by atoms with E-state index in [-0.39, 0.29) is 43.4 Å². The molecule has 0 spiro atoms. The number of aliphatic hydroxyl groups excluding tert-OH is 1. The fraction of sp³-hybridized carbons (Fsp3) is 0.722. The monoisotopic (exact) mass is 387 g/mol. The topological polar surface area (TPSA) is 55.8 Å². The minimum atomic E-state index is -2.56. The maximum atomic E-state index is 13.4. The summed E-state index contributed by atoms with van der Waals surface area (Å²) in [5.74, 6) is -2.19. The molecular formula is C18H27F2N3O2S. The first-order valence-corrected chi connectivity index (χ1v) is 10.2. The van der Waals surface area contributed by atoms with E-state index in [0.717, 1.165) is 12.1 Å². The molecule has 5 nitrogen and oxygen atoms in total. The number of alkyl halides is 2. The van der Waals surface area contributed by atoms with E-state index in [4.69, 9.17) is 0 Å². The number of urea groups is 1. The molecule has 2 fully saturated rings. The Hall–Kier alpha value is -1.25. The zero-order valence-corrected chi connectivity index (χ0v) is 15.9. The highest BCUT2D eigenvalue weighted by atomic mass is 32.1. The van der Waals surface area contributed by atoms with Crippen LogP contribution in [0, 0.1) is 11.8 Å². The Balaban J connectivity index is 1.65. The summed E-state index contributed by atoms with van der Waals surface area (Å²) < 4.78 is 26.8. The van der Waals surface area contributed by atoms with Crippen molar-refractivity contribution in [1.29, 1.82) is 0 Å². The summed E-state index contributed by atoms with van der Waals surface area (Å²) in [4.78, 5) is 16.4. The zero-order chi connectivity index (χ0) is 18.7. The van der Waals surface area contributed by atoms with Crippen molar-refractivity contribution < 1.29 is 18.7 Å². The van der Waals surface area contributed by atoms with Crippen LogP contribution in [0.15, 0.2) is 16.8 Å². The van der Waals surface area contributed by atoms with Gasteiger partial charge in [-0.05, 0) is 23.3 Å². The number of aliphatic hydroxyl groups is 1. The summed E-state index contributed by atoms with van der Waals surface area (Å²) in [7, 11) is 0. The number of amides is 2. The second kappa shape index (κ2) is 8.19. The molecule has 1 aromatic rings. The second-order valence-electron chi connectivity index (χ2n) is 7.33. The van der Waals surface area contributed by atoms with Crippen LogP contribution >= 0.6 is 11.3 Å². The van der Waals surface area contributed by atoms with Gasteiger partial charge in [-0.2, -0.15) is 11.3 Å².